The normalized spacial score (nSPS) is 11.8. The number of anilines is 1. The Bertz CT molecular complexity index is 1500. The first-order valence-corrected chi connectivity index (χ1v) is 12.9. The Kier molecular flexibility index (Phi) is 7.94. The molecule has 0 saturated heterocycles. The van der Waals surface area contributed by atoms with Crippen LogP contribution in [0, 0.1) is 26.7 Å². The van der Waals surface area contributed by atoms with Gasteiger partial charge in [-0.3, -0.25) is 9.48 Å². The van der Waals surface area contributed by atoms with Crippen LogP contribution in [-0.2, 0) is 19.6 Å². The van der Waals surface area contributed by atoms with Crippen LogP contribution in [0.15, 0.2) is 42.7 Å². The zero-order chi connectivity index (χ0) is 28.5. The van der Waals surface area contributed by atoms with E-state index in [0.29, 0.717) is 34.8 Å². The van der Waals surface area contributed by atoms with E-state index in [4.69, 9.17) is 0 Å². The maximum Gasteiger partial charge on any atom is 0.416 e. The summed E-state index contributed by atoms with van der Waals surface area (Å²) in [5, 5.41) is 15.4. The second-order valence-electron chi connectivity index (χ2n) is 10.4. The molecule has 1 N–H and O–H groups in total. The summed E-state index contributed by atoms with van der Waals surface area (Å²) in [6.07, 6.45) is 1.14. The Morgan fingerprint density at radius 3 is 2.49 bits per heavy atom. The van der Waals surface area contributed by atoms with Gasteiger partial charge in [-0.15, -0.1) is 5.10 Å². The minimum Gasteiger partial charge on any atom is -0.322 e. The molecule has 2 heterocycles. The molecule has 4 aromatic rings. The van der Waals surface area contributed by atoms with Crippen LogP contribution in [0.1, 0.15) is 65.0 Å². The van der Waals surface area contributed by atoms with E-state index in [-0.39, 0.29) is 11.3 Å². The standard InChI is InChI=1S/C29H33F3N6O/c1-17(2)8-7-9-21-12-23(14-25(19(21)4)29(30,31)32)34-28(39)22-11-10-18(3)27(13-22)38-16-26(35-36-38)24-15-33-37(6)20(24)5/h10-17H,7-9H2,1-6H3,(H,34,39). The summed E-state index contributed by atoms with van der Waals surface area (Å²) in [5.41, 5.74) is 4.38. The van der Waals surface area contributed by atoms with Crippen LogP contribution in [0.2, 0.25) is 0 Å². The fraction of sp³-hybridized carbons (Fsp3) is 0.379. The van der Waals surface area contributed by atoms with E-state index in [1.165, 1.54) is 6.92 Å². The van der Waals surface area contributed by atoms with Gasteiger partial charge in [0.2, 0.25) is 0 Å². The smallest absolute Gasteiger partial charge is 0.322 e. The molecule has 0 fully saturated rings. The summed E-state index contributed by atoms with van der Waals surface area (Å²) in [4.78, 5) is 13.2. The Morgan fingerprint density at radius 2 is 1.85 bits per heavy atom. The van der Waals surface area contributed by atoms with Gasteiger partial charge in [-0.1, -0.05) is 31.5 Å². The molecule has 0 bridgehead atoms. The zero-order valence-electron chi connectivity index (χ0n) is 23.0. The number of benzene rings is 2. The topological polar surface area (TPSA) is 77.6 Å². The van der Waals surface area contributed by atoms with E-state index in [0.717, 1.165) is 35.7 Å². The van der Waals surface area contributed by atoms with Crippen LogP contribution in [0.3, 0.4) is 0 Å². The van der Waals surface area contributed by atoms with E-state index in [2.05, 4.69) is 34.6 Å². The predicted octanol–water partition coefficient (Wildman–Crippen LogP) is 6.84. The second kappa shape index (κ2) is 11.0. The van der Waals surface area contributed by atoms with Gasteiger partial charge in [0, 0.05) is 29.6 Å². The summed E-state index contributed by atoms with van der Waals surface area (Å²) < 4.78 is 44.8. The molecule has 0 atom stereocenters. The van der Waals surface area contributed by atoms with Gasteiger partial charge in [0.05, 0.1) is 23.6 Å². The summed E-state index contributed by atoms with van der Waals surface area (Å²) >= 11 is 0. The van der Waals surface area contributed by atoms with Crippen molar-refractivity contribution in [2.24, 2.45) is 13.0 Å². The maximum absolute atomic E-state index is 13.8. The van der Waals surface area contributed by atoms with Crippen LogP contribution in [0.5, 0.6) is 0 Å². The van der Waals surface area contributed by atoms with Crippen LogP contribution in [-0.4, -0.2) is 30.7 Å². The molecule has 0 unspecified atom stereocenters. The number of aryl methyl sites for hydroxylation is 3. The van der Waals surface area contributed by atoms with Gasteiger partial charge in [0.15, 0.2) is 0 Å². The van der Waals surface area contributed by atoms with Crippen molar-refractivity contribution in [1.82, 2.24) is 24.8 Å². The van der Waals surface area contributed by atoms with Gasteiger partial charge in [-0.25, -0.2) is 4.68 Å². The number of aromatic nitrogens is 5. The Hall–Kier alpha value is -3.95. The molecule has 7 nitrogen and oxygen atoms in total. The summed E-state index contributed by atoms with van der Waals surface area (Å²) in [6.45, 7) is 9.47. The average molecular weight is 539 g/mol. The highest BCUT2D eigenvalue weighted by Crippen LogP contribution is 2.36. The number of halogens is 3. The highest BCUT2D eigenvalue weighted by molar-refractivity contribution is 6.04. The third kappa shape index (κ3) is 6.21. The Morgan fingerprint density at radius 1 is 1.10 bits per heavy atom. The fourth-order valence-electron chi connectivity index (χ4n) is 4.56. The number of nitrogens with zero attached hydrogens (tertiary/aromatic N) is 5. The molecule has 0 aliphatic carbocycles. The van der Waals surface area contributed by atoms with Gasteiger partial charge >= 0.3 is 6.18 Å². The molecule has 4 rings (SSSR count). The number of nitrogens with one attached hydrogen (secondary N) is 1. The van der Waals surface area contributed by atoms with E-state index in [9.17, 15) is 18.0 Å². The van der Waals surface area contributed by atoms with Crippen molar-refractivity contribution >= 4 is 11.6 Å². The van der Waals surface area contributed by atoms with Gasteiger partial charge in [-0.2, -0.15) is 18.3 Å². The number of hydrogen-bond donors (Lipinski definition) is 1. The fourth-order valence-corrected chi connectivity index (χ4v) is 4.56. The molecule has 0 radical (unpaired) electrons. The van der Waals surface area contributed by atoms with Crippen LogP contribution in [0.4, 0.5) is 18.9 Å². The lowest BCUT2D eigenvalue weighted by atomic mass is 9.95. The van der Waals surface area contributed by atoms with Crippen molar-refractivity contribution in [3.8, 4) is 16.9 Å². The van der Waals surface area contributed by atoms with Crippen molar-refractivity contribution in [2.45, 2.75) is 60.1 Å². The van der Waals surface area contributed by atoms with Gasteiger partial charge in [0.25, 0.3) is 5.91 Å². The number of hydrogen-bond acceptors (Lipinski definition) is 4. The average Bonchev–Trinajstić information content (AvgIpc) is 3.47. The SMILES string of the molecule is Cc1ccc(C(=O)Nc2cc(CCCC(C)C)c(C)c(C(F)(F)F)c2)cc1-n1cc(-c2cnn(C)c2C)nn1. The van der Waals surface area contributed by atoms with Gasteiger partial charge < -0.3 is 5.32 Å². The van der Waals surface area contributed by atoms with Crippen molar-refractivity contribution in [1.29, 1.82) is 0 Å². The Labute approximate surface area is 226 Å². The highest BCUT2D eigenvalue weighted by Gasteiger charge is 2.33. The van der Waals surface area contributed by atoms with E-state index in [1.807, 2.05) is 20.9 Å². The van der Waals surface area contributed by atoms with Crippen LogP contribution < -0.4 is 5.32 Å². The summed E-state index contributed by atoms with van der Waals surface area (Å²) in [7, 11) is 1.84. The van der Waals surface area contributed by atoms with Crippen molar-refractivity contribution in [3.63, 3.8) is 0 Å². The van der Waals surface area contributed by atoms with E-state index >= 15 is 0 Å². The molecular weight excluding hydrogens is 505 g/mol. The van der Waals surface area contributed by atoms with E-state index in [1.54, 1.807) is 46.0 Å². The van der Waals surface area contributed by atoms with Crippen LogP contribution >= 0.6 is 0 Å². The number of carbonyl (C=O) groups excluding carboxylic acids is 1. The maximum atomic E-state index is 13.8. The monoisotopic (exact) mass is 538 g/mol. The predicted molar refractivity (Wildman–Crippen MR) is 145 cm³/mol. The first-order chi connectivity index (χ1) is 18.3. The third-order valence-electron chi connectivity index (χ3n) is 7.03. The molecule has 0 aliphatic rings. The summed E-state index contributed by atoms with van der Waals surface area (Å²) in [5.74, 6) is -0.0507. The third-order valence-corrected chi connectivity index (χ3v) is 7.03. The number of amides is 1. The molecule has 0 aliphatic heterocycles. The van der Waals surface area contributed by atoms with Crippen molar-refractivity contribution < 1.29 is 18.0 Å². The van der Waals surface area contributed by atoms with Crippen molar-refractivity contribution in [3.05, 3.63) is 76.2 Å². The minimum absolute atomic E-state index is 0.120. The molecule has 0 spiro atoms. The Balaban J connectivity index is 1.62. The number of carbonyl (C=O) groups is 1. The molecular formula is C29H33F3N6O. The largest absolute Gasteiger partial charge is 0.416 e. The zero-order valence-corrected chi connectivity index (χ0v) is 23.0. The lowest BCUT2D eigenvalue weighted by Gasteiger charge is -2.18. The quantitative estimate of drug-likeness (QED) is 0.266. The molecule has 0 saturated carbocycles. The molecule has 206 valence electrons. The van der Waals surface area contributed by atoms with Gasteiger partial charge in [0.1, 0.15) is 5.69 Å². The molecule has 2 aromatic heterocycles. The molecule has 2 aromatic carbocycles. The first kappa shape index (κ1) is 28.1. The van der Waals surface area contributed by atoms with E-state index < -0.39 is 17.6 Å². The van der Waals surface area contributed by atoms with Crippen molar-refractivity contribution in [2.75, 3.05) is 5.32 Å². The van der Waals surface area contributed by atoms with Gasteiger partial charge in [-0.05, 0) is 80.5 Å². The number of rotatable bonds is 8. The first-order valence-electron chi connectivity index (χ1n) is 12.9. The second-order valence-corrected chi connectivity index (χ2v) is 10.4. The number of alkyl halides is 3. The molecule has 39 heavy (non-hydrogen) atoms. The highest BCUT2D eigenvalue weighted by atomic mass is 19.4. The summed E-state index contributed by atoms with van der Waals surface area (Å²) in [6, 6.07) is 7.72. The molecule has 1 amide bonds. The minimum atomic E-state index is -4.52. The molecule has 10 heteroatoms. The lowest BCUT2D eigenvalue weighted by molar-refractivity contribution is -0.138. The lowest BCUT2D eigenvalue weighted by Crippen LogP contribution is -2.16. The van der Waals surface area contributed by atoms with Crippen LogP contribution in [0.25, 0.3) is 16.9 Å².